The van der Waals surface area contributed by atoms with Crippen molar-refractivity contribution < 1.29 is 9.15 Å². The van der Waals surface area contributed by atoms with E-state index in [4.69, 9.17) is 9.15 Å². The number of nitrogens with zero attached hydrogens (tertiary/aromatic N) is 3. The molecule has 12 aromatic rings. The number of furan rings is 1. The van der Waals surface area contributed by atoms with Gasteiger partial charge in [0.15, 0.2) is 5.58 Å². The van der Waals surface area contributed by atoms with Crippen LogP contribution in [0.15, 0.2) is 242 Å². The third-order valence-corrected chi connectivity index (χ3v) is 14.5. The van der Waals surface area contributed by atoms with E-state index in [1.165, 1.54) is 55.6 Å². The highest BCUT2D eigenvalue weighted by atomic mass is 16.5. The summed E-state index contributed by atoms with van der Waals surface area (Å²) in [6.45, 7) is 4.62. The molecule has 0 fully saturated rings. The number of aromatic nitrogens is 3. The molecular formula is C65H47N3O2. The van der Waals surface area contributed by atoms with Crippen LogP contribution in [0.3, 0.4) is 0 Å². The fourth-order valence-corrected chi connectivity index (χ4v) is 11.0. The highest BCUT2D eigenvalue weighted by Gasteiger charge is 2.35. The Morgan fingerprint density at radius 1 is 0.414 bits per heavy atom. The van der Waals surface area contributed by atoms with Crippen molar-refractivity contribution >= 4 is 33.0 Å². The molecule has 2 atom stereocenters. The van der Waals surface area contributed by atoms with Gasteiger partial charge in [0.2, 0.25) is 0 Å². The Morgan fingerprint density at radius 3 is 1.71 bits per heavy atom. The average Bonchev–Trinajstić information content (AvgIpc) is 3.95. The summed E-state index contributed by atoms with van der Waals surface area (Å²) < 4.78 is 15.6. The van der Waals surface area contributed by atoms with Gasteiger partial charge in [-0.3, -0.25) is 9.97 Å². The van der Waals surface area contributed by atoms with E-state index < -0.39 is 0 Å². The van der Waals surface area contributed by atoms with Crippen LogP contribution in [0, 0.1) is 0 Å². The zero-order valence-electron chi connectivity index (χ0n) is 38.8. The number of benzene rings is 8. The summed E-state index contributed by atoms with van der Waals surface area (Å²) in [5.41, 5.74) is 19.0. The first-order valence-electron chi connectivity index (χ1n) is 24.0. The van der Waals surface area contributed by atoms with Crippen LogP contribution in [0.5, 0.6) is 11.5 Å². The summed E-state index contributed by atoms with van der Waals surface area (Å²) in [6.07, 6.45) is 7.53. The van der Waals surface area contributed by atoms with Crippen LogP contribution < -0.4 is 4.74 Å². The number of fused-ring (bicyclic) bond motifs is 7. The van der Waals surface area contributed by atoms with Crippen molar-refractivity contribution in [1.29, 1.82) is 0 Å². The fourth-order valence-electron chi connectivity index (χ4n) is 11.0. The van der Waals surface area contributed by atoms with Gasteiger partial charge >= 0.3 is 0 Å². The molecule has 334 valence electrons. The number of hydrogen-bond donors (Lipinski definition) is 0. The van der Waals surface area contributed by atoms with Gasteiger partial charge in [0, 0.05) is 69.6 Å². The van der Waals surface area contributed by atoms with Crippen LogP contribution in [-0.4, -0.2) is 14.5 Å². The van der Waals surface area contributed by atoms with E-state index in [0.29, 0.717) is 0 Å². The Kier molecular flexibility index (Phi) is 9.91. The monoisotopic (exact) mass is 901 g/mol. The molecule has 0 radical (unpaired) electrons. The minimum atomic E-state index is -0.291. The lowest BCUT2D eigenvalue weighted by atomic mass is 9.74. The van der Waals surface area contributed by atoms with Crippen LogP contribution in [-0.2, 0) is 5.41 Å². The van der Waals surface area contributed by atoms with Crippen molar-refractivity contribution in [3.8, 4) is 39.4 Å². The molecule has 5 heterocycles. The summed E-state index contributed by atoms with van der Waals surface area (Å²) in [5, 5.41) is 2.21. The van der Waals surface area contributed by atoms with Crippen LogP contribution in [0.4, 0.5) is 0 Å². The smallest absolute Gasteiger partial charge is 0.161 e. The molecule has 0 N–H and O–H groups in total. The lowest BCUT2D eigenvalue weighted by Gasteiger charge is -2.35. The second kappa shape index (κ2) is 16.8. The Hall–Kier alpha value is -8.80. The third kappa shape index (κ3) is 7.00. The number of rotatable bonds is 9. The molecular weight excluding hydrogens is 855 g/mol. The van der Waals surface area contributed by atoms with E-state index in [1.807, 2.05) is 36.9 Å². The average molecular weight is 902 g/mol. The van der Waals surface area contributed by atoms with E-state index in [9.17, 15) is 0 Å². The van der Waals surface area contributed by atoms with Gasteiger partial charge in [-0.15, -0.1) is 0 Å². The highest BCUT2D eigenvalue weighted by molar-refractivity contribution is 6.16. The molecule has 0 aliphatic carbocycles. The second-order valence-corrected chi connectivity index (χ2v) is 19.0. The van der Waals surface area contributed by atoms with Crippen molar-refractivity contribution in [2.75, 3.05) is 0 Å². The molecule has 0 saturated carbocycles. The zero-order chi connectivity index (χ0) is 46.8. The molecule has 1 aliphatic rings. The van der Waals surface area contributed by atoms with E-state index >= 15 is 0 Å². The molecule has 4 aromatic heterocycles. The van der Waals surface area contributed by atoms with Crippen LogP contribution in [0.1, 0.15) is 70.2 Å². The summed E-state index contributed by atoms with van der Waals surface area (Å²) in [5.74, 6) is 1.87. The van der Waals surface area contributed by atoms with E-state index in [0.717, 1.165) is 61.3 Å². The van der Waals surface area contributed by atoms with Crippen LogP contribution in [0.2, 0.25) is 0 Å². The Morgan fingerprint density at radius 2 is 0.971 bits per heavy atom. The molecule has 0 bridgehead atoms. The maximum atomic E-state index is 6.82. The largest absolute Gasteiger partial charge is 0.457 e. The fraction of sp³-hybridized carbons (Fsp3) is 0.0769. The Balaban J connectivity index is 0.807. The van der Waals surface area contributed by atoms with Gasteiger partial charge in [0.1, 0.15) is 22.6 Å². The Labute approximate surface area is 407 Å². The zero-order valence-corrected chi connectivity index (χ0v) is 38.8. The van der Waals surface area contributed by atoms with Gasteiger partial charge in [0.25, 0.3) is 0 Å². The van der Waals surface area contributed by atoms with Gasteiger partial charge in [-0.1, -0.05) is 147 Å². The first-order chi connectivity index (χ1) is 34.5. The van der Waals surface area contributed by atoms with Gasteiger partial charge in [-0.2, -0.15) is 0 Å². The lowest BCUT2D eigenvalue weighted by Crippen LogP contribution is -2.24. The number of para-hydroxylation sites is 2. The normalized spacial score (nSPS) is 13.7. The molecule has 0 saturated heterocycles. The summed E-state index contributed by atoms with van der Waals surface area (Å²) >= 11 is 0. The Bertz CT molecular complexity index is 3830. The van der Waals surface area contributed by atoms with Crippen molar-refractivity contribution in [2.45, 2.75) is 31.1 Å². The quantitative estimate of drug-likeness (QED) is 0.145. The van der Waals surface area contributed by atoms with Crippen molar-refractivity contribution in [3.63, 3.8) is 0 Å². The minimum Gasteiger partial charge on any atom is -0.457 e. The van der Waals surface area contributed by atoms with Gasteiger partial charge in [-0.25, -0.2) is 0 Å². The van der Waals surface area contributed by atoms with Crippen molar-refractivity contribution in [2.24, 2.45) is 0 Å². The molecule has 0 spiro atoms. The highest BCUT2D eigenvalue weighted by Crippen LogP contribution is 2.50. The molecule has 5 heteroatoms. The predicted octanol–water partition coefficient (Wildman–Crippen LogP) is 16.4. The minimum absolute atomic E-state index is 0.0232. The summed E-state index contributed by atoms with van der Waals surface area (Å²) in [7, 11) is 0. The molecule has 5 nitrogen and oxygen atoms in total. The molecule has 0 amide bonds. The van der Waals surface area contributed by atoms with Crippen molar-refractivity contribution in [3.05, 3.63) is 282 Å². The number of ether oxygens (including phenoxy) is 1. The molecule has 1 aliphatic heterocycles. The SMILES string of the molecule is CC1(C)c2ccc(-c3cccc(C(c4ccncc4)c4ccc(-n5c6ccccc6c6oc7ccccc7c65)cc4)c3)cc2Oc2ccc(-c3ccc(C(c4ccccc4)c4ccncc4)cc3)cc21. The summed E-state index contributed by atoms with van der Waals surface area (Å²) in [6, 6.07) is 76.4. The van der Waals surface area contributed by atoms with E-state index in [2.05, 4.69) is 229 Å². The lowest BCUT2D eigenvalue weighted by molar-refractivity contribution is 0.418. The molecule has 8 aromatic carbocycles. The summed E-state index contributed by atoms with van der Waals surface area (Å²) in [4.78, 5) is 8.68. The second-order valence-electron chi connectivity index (χ2n) is 19.0. The first-order valence-corrected chi connectivity index (χ1v) is 24.0. The number of hydrogen-bond acceptors (Lipinski definition) is 4. The topological polar surface area (TPSA) is 53.1 Å². The number of pyridine rings is 2. The van der Waals surface area contributed by atoms with Crippen LogP contribution >= 0.6 is 0 Å². The van der Waals surface area contributed by atoms with Gasteiger partial charge in [0.05, 0.1) is 5.52 Å². The van der Waals surface area contributed by atoms with Crippen molar-refractivity contribution in [1.82, 2.24) is 14.5 Å². The van der Waals surface area contributed by atoms with Crippen LogP contribution in [0.25, 0.3) is 60.9 Å². The third-order valence-electron chi connectivity index (χ3n) is 14.5. The van der Waals surface area contributed by atoms with Gasteiger partial charge < -0.3 is 13.7 Å². The molecule has 2 unspecified atom stereocenters. The first kappa shape index (κ1) is 41.4. The van der Waals surface area contributed by atoms with E-state index in [1.54, 1.807) is 0 Å². The maximum absolute atomic E-state index is 6.82. The van der Waals surface area contributed by atoms with E-state index in [-0.39, 0.29) is 17.3 Å². The van der Waals surface area contributed by atoms with Gasteiger partial charge in [-0.05, 0) is 134 Å². The predicted molar refractivity (Wildman–Crippen MR) is 283 cm³/mol. The maximum Gasteiger partial charge on any atom is 0.161 e. The molecule has 13 rings (SSSR count). The molecule has 70 heavy (non-hydrogen) atoms. The standard InChI is InChI=1S/C65H47N3O2/c1-65(2)55-29-25-50(41-60(55)69-59-30-26-49(40-56(59)65)42-19-21-44(22-20-42)61(43-11-4-3-5-12-43)46-31-35-66-36-32-46)48-13-10-14-51(39-48)62(47-33-37-67-38-34-47)45-23-27-52(28-24-45)68-57-17-8-6-15-53(57)64-63(68)54-16-7-9-18-58(54)70-64/h3-41,61-62H,1-2H3.